The van der Waals surface area contributed by atoms with Crippen molar-refractivity contribution in [1.82, 2.24) is 4.90 Å². The van der Waals surface area contributed by atoms with Crippen molar-refractivity contribution in [1.29, 1.82) is 0 Å². The van der Waals surface area contributed by atoms with Crippen molar-refractivity contribution in [2.24, 2.45) is 16.9 Å². The summed E-state index contributed by atoms with van der Waals surface area (Å²) in [6, 6.07) is 9.43. The fourth-order valence-electron chi connectivity index (χ4n) is 2.72. The molecule has 1 aromatic rings. The molecular formula is C16H25N3O. The fraction of sp³-hybridized carbons (Fsp3) is 0.562. The third-order valence-corrected chi connectivity index (χ3v) is 4.41. The van der Waals surface area contributed by atoms with E-state index in [2.05, 4.69) is 18.7 Å². The highest BCUT2D eigenvalue weighted by atomic mass is 16.1. The summed E-state index contributed by atoms with van der Waals surface area (Å²) in [4.78, 5) is 14.1. The number of hydrogen-bond donors (Lipinski definition) is 2. The second kappa shape index (κ2) is 5.54. The quantitative estimate of drug-likeness (QED) is 0.873. The van der Waals surface area contributed by atoms with E-state index in [1.807, 2.05) is 30.3 Å². The molecule has 0 aromatic heterocycles. The van der Waals surface area contributed by atoms with Gasteiger partial charge >= 0.3 is 0 Å². The molecule has 1 atom stereocenters. The summed E-state index contributed by atoms with van der Waals surface area (Å²) >= 11 is 0. The molecule has 1 aromatic carbocycles. The normalized spacial score (nSPS) is 22.1. The summed E-state index contributed by atoms with van der Waals surface area (Å²) in [5.74, 6) is -0.464. The molecule has 4 heteroatoms. The largest absolute Gasteiger partial charge is 0.368 e. The Kier molecular flexibility index (Phi) is 4.16. The van der Waals surface area contributed by atoms with Crippen LogP contribution in [-0.4, -0.2) is 30.4 Å². The van der Waals surface area contributed by atoms with Crippen LogP contribution >= 0.6 is 0 Å². The molecule has 1 aliphatic heterocycles. The lowest BCUT2D eigenvalue weighted by molar-refractivity contribution is -0.124. The third kappa shape index (κ3) is 3.19. The standard InChI is InChI=1S/C16H25N3O/c1-15(2)8-10-19(11-9-15)12-16(18,14(17)20)13-6-4-3-5-7-13/h3-7H,8-12,18H2,1-2H3,(H2,17,20). The third-order valence-electron chi connectivity index (χ3n) is 4.41. The molecule has 0 aliphatic carbocycles. The van der Waals surface area contributed by atoms with Crippen molar-refractivity contribution >= 4 is 5.91 Å². The number of carbonyl (C=O) groups is 1. The van der Waals surface area contributed by atoms with E-state index < -0.39 is 11.4 Å². The number of likely N-dealkylation sites (tertiary alicyclic amines) is 1. The molecule has 0 radical (unpaired) electrons. The minimum Gasteiger partial charge on any atom is -0.368 e. The summed E-state index contributed by atoms with van der Waals surface area (Å²) in [6.07, 6.45) is 2.24. The lowest BCUT2D eigenvalue weighted by atomic mass is 9.81. The van der Waals surface area contributed by atoms with Crippen LogP contribution in [0.5, 0.6) is 0 Å². The Morgan fingerprint density at radius 1 is 1.25 bits per heavy atom. The van der Waals surface area contributed by atoms with Crippen LogP contribution in [0.25, 0.3) is 0 Å². The average molecular weight is 275 g/mol. The summed E-state index contributed by atoms with van der Waals surface area (Å²) in [7, 11) is 0. The van der Waals surface area contributed by atoms with E-state index in [4.69, 9.17) is 11.5 Å². The molecule has 20 heavy (non-hydrogen) atoms. The Balaban J connectivity index is 2.13. The topological polar surface area (TPSA) is 72.3 Å². The van der Waals surface area contributed by atoms with Gasteiger partial charge < -0.3 is 16.4 Å². The molecule has 1 fully saturated rings. The Hall–Kier alpha value is -1.39. The van der Waals surface area contributed by atoms with E-state index in [0.29, 0.717) is 12.0 Å². The smallest absolute Gasteiger partial charge is 0.243 e. The molecule has 110 valence electrons. The van der Waals surface area contributed by atoms with Crippen LogP contribution in [0.4, 0.5) is 0 Å². The van der Waals surface area contributed by atoms with Gasteiger partial charge in [-0.25, -0.2) is 0 Å². The Morgan fingerprint density at radius 2 is 1.80 bits per heavy atom. The minimum atomic E-state index is -1.11. The molecule has 4 nitrogen and oxygen atoms in total. The molecule has 1 aliphatic rings. The first kappa shape index (κ1) is 15.0. The number of carbonyl (C=O) groups excluding carboxylic acids is 1. The van der Waals surface area contributed by atoms with Crippen LogP contribution in [0.2, 0.25) is 0 Å². The van der Waals surface area contributed by atoms with Gasteiger partial charge in [-0.15, -0.1) is 0 Å². The lowest BCUT2D eigenvalue weighted by Crippen LogP contribution is -2.57. The fourth-order valence-corrected chi connectivity index (χ4v) is 2.72. The summed E-state index contributed by atoms with van der Waals surface area (Å²) < 4.78 is 0. The summed E-state index contributed by atoms with van der Waals surface area (Å²) in [5, 5.41) is 0. The molecule has 4 N–H and O–H groups in total. The van der Waals surface area contributed by atoms with E-state index in [1.54, 1.807) is 0 Å². The van der Waals surface area contributed by atoms with Crippen LogP contribution in [0.15, 0.2) is 30.3 Å². The maximum Gasteiger partial charge on any atom is 0.243 e. The number of rotatable bonds is 4. The molecule has 0 spiro atoms. The van der Waals surface area contributed by atoms with E-state index in [0.717, 1.165) is 31.5 Å². The minimum absolute atomic E-state index is 0.382. The highest BCUT2D eigenvalue weighted by molar-refractivity contribution is 5.86. The highest BCUT2D eigenvalue weighted by Crippen LogP contribution is 2.31. The first-order chi connectivity index (χ1) is 9.33. The molecule has 0 saturated carbocycles. The van der Waals surface area contributed by atoms with Gasteiger partial charge in [0.25, 0.3) is 0 Å². The van der Waals surface area contributed by atoms with Gasteiger partial charge in [0.15, 0.2) is 0 Å². The van der Waals surface area contributed by atoms with Crippen LogP contribution in [-0.2, 0) is 10.3 Å². The predicted octanol–water partition coefficient (Wildman–Crippen LogP) is 1.45. The average Bonchev–Trinajstić information content (AvgIpc) is 2.42. The van der Waals surface area contributed by atoms with Gasteiger partial charge in [0, 0.05) is 6.54 Å². The van der Waals surface area contributed by atoms with Crippen LogP contribution < -0.4 is 11.5 Å². The number of piperidine rings is 1. The van der Waals surface area contributed by atoms with Gasteiger partial charge in [0.2, 0.25) is 5.91 Å². The molecule has 1 heterocycles. The Morgan fingerprint density at radius 3 is 2.30 bits per heavy atom. The Labute approximate surface area is 121 Å². The predicted molar refractivity (Wildman–Crippen MR) is 81.0 cm³/mol. The van der Waals surface area contributed by atoms with Gasteiger partial charge in [-0.1, -0.05) is 44.2 Å². The highest BCUT2D eigenvalue weighted by Gasteiger charge is 2.37. The van der Waals surface area contributed by atoms with E-state index in [1.165, 1.54) is 0 Å². The molecule has 1 unspecified atom stereocenters. The zero-order valence-electron chi connectivity index (χ0n) is 12.4. The van der Waals surface area contributed by atoms with Crippen molar-refractivity contribution in [3.8, 4) is 0 Å². The van der Waals surface area contributed by atoms with Gasteiger partial charge in [0.05, 0.1) is 0 Å². The SMILES string of the molecule is CC1(C)CCN(CC(N)(C(N)=O)c2ccccc2)CC1. The Bertz CT molecular complexity index is 462. The van der Waals surface area contributed by atoms with Crippen molar-refractivity contribution in [3.63, 3.8) is 0 Å². The second-order valence-electron chi connectivity index (χ2n) is 6.64. The second-order valence-corrected chi connectivity index (χ2v) is 6.64. The van der Waals surface area contributed by atoms with Gasteiger partial charge in [-0.2, -0.15) is 0 Å². The van der Waals surface area contributed by atoms with Crippen molar-refractivity contribution < 1.29 is 4.79 Å². The van der Waals surface area contributed by atoms with E-state index in [-0.39, 0.29) is 0 Å². The van der Waals surface area contributed by atoms with Crippen molar-refractivity contribution in [3.05, 3.63) is 35.9 Å². The van der Waals surface area contributed by atoms with Gasteiger partial charge in [0.1, 0.15) is 5.54 Å². The summed E-state index contributed by atoms with van der Waals surface area (Å²) in [5.41, 5.74) is 12.0. The lowest BCUT2D eigenvalue weighted by Gasteiger charge is -2.40. The summed E-state index contributed by atoms with van der Waals surface area (Å²) in [6.45, 7) is 6.98. The van der Waals surface area contributed by atoms with Gasteiger partial charge in [-0.3, -0.25) is 4.79 Å². The maximum atomic E-state index is 11.9. The molecule has 2 rings (SSSR count). The van der Waals surface area contributed by atoms with Crippen LogP contribution in [0.1, 0.15) is 32.3 Å². The monoisotopic (exact) mass is 275 g/mol. The number of amides is 1. The first-order valence-corrected chi connectivity index (χ1v) is 7.20. The number of nitrogens with two attached hydrogens (primary N) is 2. The zero-order valence-corrected chi connectivity index (χ0v) is 12.4. The van der Waals surface area contributed by atoms with Crippen LogP contribution in [0.3, 0.4) is 0 Å². The van der Waals surface area contributed by atoms with Crippen LogP contribution in [0, 0.1) is 5.41 Å². The van der Waals surface area contributed by atoms with Crippen molar-refractivity contribution in [2.45, 2.75) is 32.2 Å². The van der Waals surface area contributed by atoms with Gasteiger partial charge in [-0.05, 0) is 36.9 Å². The molecule has 1 amide bonds. The zero-order chi connectivity index (χ0) is 14.8. The number of primary amides is 1. The molecule has 1 saturated heterocycles. The number of benzene rings is 1. The van der Waals surface area contributed by atoms with E-state index in [9.17, 15) is 4.79 Å². The number of nitrogens with zero attached hydrogens (tertiary/aromatic N) is 1. The van der Waals surface area contributed by atoms with Crippen molar-refractivity contribution in [2.75, 3.05) is 19.6 Å². The van der Waals surface area contributed by atoms with E-state index >= 15 is 0 Å². The molecule has 0 bridgehead atoms. The number of hydrogen-bond acceptors (Lipinski definition) is 3. The first-order valence-electron chi connectivity index (χ1n) is 7.20. The molecular weight excluding hydrogens is 250 g/mol. The maximum absolute atomic E-state index is 11.9.